The lowest BCUT2D eigenvalue weighted by Crippen LogP contribution is -2.42. The van der Waals surface area contributed by atoms with E-state index in [2.05, 4.69) is 5.32 Å². The van der Waals surface area contributed by atoms with E-state index in [0.717, 1.165) is 36.2 Å². The van der Waals surface area contributed by atoms with Gasteiger partial charge in [0.05, 0.1) is 29.6 Å². The van der Waals surface area contributed by atoms with Crippen molar-refractivity contribution in [1.82, 2.24) is 15.1 Å². The highest BCUT2D eigenvalue weighted by molar-refractivity contribution is 5.94. The number of fused-ring (bicyclic) bond motifs is 2. The predicted octanol–water partition coefficient (Wildman–Crippen LogP) is 3.59. The molecule has 0 spiro atoms. The van der Waals surface area contributed by atoms with Gasteiger partial charge in [-0.05, 0) is 37.5 Å². The van der Waals surface area contributed by atoms with Crippen LogP contribution in [0.2, 0.25) is 0 Å². The Hall–Kier alpha value is -2.92. The van der Waals surface area contributed by atoms with Gasteiger partial charge in [0.25, 0.3) is 5.91 Å². The van der Waals surface area contributed by atoms with Crippen LogP contribution in [0.4, 0.5) is 0 Å². The minimum Gasteiger partial charge on any atom is -0.373 e. The predicted molar refractivity (Wildman–Crippen MR) is 103 cm³/mol. The Morgan fingerprint density at radius 3 is 2.44 bits per heavy atom. The number of carbonyl (C=O) groups is 1. The van der Waals surface area contributed by atoms with Crippen LogP contribution in [0, 0.1) is 0 Å². The number of aromatic nitrogens is 2. The van der Waals surface area contributed by atoms with Crippen LogP contribution in [0.1, 0.15) is 29.8 Å². The number of nitrogens with one attached hydrogen (secondary N) is 1. The Labute approximate surface area is 158 Å². The highest BCUT2D eigenvalue weighted by Crippen LogP contribution is 2.34. The topological polar surface area (TPSA) is 56.1 Å². The van der Waals surface area contributed by atoms with Gasteiger partial charge < -0.3 is 10.1 Å². The second-order valence-corrected chi connectivity index (χ2v) is 7.22. The molecule has 2 bridgehead atoms. The molecule has 0 unspecified atom stereocenters. The van der Waals surface area contributed by atoms with Crippen LogP contribution >= 0.6 is 0 Å². The SMILES string of the molecule is O=C(N[C@@H]1C[C@H]2CC[C@@H]1O2)c1cc(-c2ccccc2)nn1-c1ccccc1. The third kappa shape index (κ3) is 3.04. The quantitative estimate of drug-likeness (QED) is 0.774. The van der Waals surface area contributed by atoms with Gasteiger partial charge in [0.2, 0.25) is 0 Å². The molecule has 2 saturated heterocycles. The first-order chi connectivity index (χ1) is 13.3. The summed E-state index contributed by atoms with van der Waals surface area (Å²) in [4.78, 5) is 13.1. The first-order valence-corrected chi connectivity index (χ1v) is 9.45. The van der Waals surface area contributed by atoms with Crippen LogP contribution in [0.3, 0.4) is 0 Å². The molecule has 27 heavy (non-hydrogen) atoms. The largest absolute Gasteiger partial charge is 0.373 e. The Morgan fingerprint density at radius 1 is 1.04 bits per heavy atom. The maximum Gasteiger partial charge on any atom is 0.270 e. The number of amides is 1. The molecule has 5 heteroatoms. The summed E-state index contributed by atoms with van der Waals surface area (Å²) in [6, 6.07) is 21.7. The fourth-order valence-corrected chi connectivity index (χ4v) is 4.09. The lowest BCUT2D eigenvalue weighted by molar-refractivity contribution is 0.0835. The van der Waals surface area contributed by atoms with Crippen LogP contribution in [0.25, 0.3) is 16.9 Å². The number of carbonyl (C=O) groups excluding carboxylic acids is 1. The summed E-state index contributed by atoms with van der Waals surface area (Å²) in [5.74, 6) is -0.102. The molecule has 3 atom stereocenters. The van der Waals surface area contributed by atoms with E-state index in [1.807, 2.05) is 66.7 Å². The summed E-state index contributed by atoms with van der Waals surface area (Å²) < 4.78 is 7.60. The second kappa shape index (κ2) is 6.67. The lowest BCUT2D eigenvalue weighted by Gasteiger charge is -2.20. The number of ether oxygens (including phenoxy) is 1. The molecule has 0 saturated carbocycles. The molecule has 2 aromatic carbocycles. The molecule has 3 heterocycles. The summed E-state index contributed by atoms with van der Waals surface area (Å²) in [6.45, 7) is 0. The molecule has 1 aromatic heterocycles. The average molecular weight is 359 g/mol. The van der Waals surface area contributed by atoms with Crippen molar-refractivity contribution in [2.45, 2.75) is 37.5 Å². The number of benzene rings is 2. The van der Waals surface area contributed by atoms with Gasteiger partial charge >= 0.3 is 0 Å². The van der Waals surface area contributed by atoms with E-state index in [4.69, 9.17) is 9.84 Å². The molecule has 5 rings (SSSR count). The fraction of sp³-hybridized carbons (Fsp3) is 0.273. The first-order valence-electron chi connectivity index (χ1n) is 9.45. The minimum atomic E-state index is -0.102. The van der Waals surface area contributed by atoms with Crippen molar-refractivity contribution < 1.29 is 9.53 Å². The van der Waals surface area contributed by atoms with E-state index >= 15 is 0 Å². The van der Waals surface area contributed by atoms with E-state index in [1.54, 1.807) is 4.68 Å². The van der Waals surface area contributed by atoms with Gasteiger partial charge in [-0.3, -0.25) is 4.79 Å². The smallest absolute Gasteiger partial charge is 0.270 e. The maximum absolute atomic E-state index is 13.1. The van der Waals surface area contributed by atoms with Gasteiger partial charge in [-0.2, -0.15) is 5.10 Å². The van der Waals surface area contributed by atoms with Crippen molar-refractivity contribution in [2.24, 2.45) is 0 Å². The summed E-state index contributed by atoms with van der Waals surface area (Å²) in [6.07, 6.45) is 3.50. The molecule has 1 N–H and O–H groups in total. The van der Waals surface area contributed by atoms with Crippen molar-refractivity contribution in [1.29, 1.82) is 0 Å². The minimum absolute atomic E-state index is 0.0931. The second-order valence-electron chi connectivity index (χ2n) is 7.22. The number of para-hydroxylation sites is 1. The molecular formula is C22H21N3O2. The fourth-order valence-electron chi connectivity index (χ4n) is 4.09. The molecule has 0 radical (unpaired) electrons. The highest BCUT2D eigenvalue weighted by Gasteiger charge is 2.41. The molecule has 2 fully saturated rings. The van der Waals surface area contributed by atoms with E-state index in [-0.39, 0.29) is 18.1 Å². The van der Waals surface area contributed by atoms with Gasteiger partial charge in [0.1, 0.15) is 5.69 Å². The summed E-state index contributed by atoms with van der Waals surface area (Å²) in [5.41, 5.74) is 3.19. The van der Waals surface area contributed by atoms with Crippen molar-refractivity contribution in [3.63, 3.8) is 0 Å². The monoisotopic (exact) mass is 359 g/mol. The third-order valence-electron chi connectivity index (χ3n) is 5.43. The zero-order valence-electron chi connectivity index (χ0n) is 14.9. The Bertz CT molecular complexity index is 952. The number of hydrogen-bond acceptors (Lipinski definition) is 3. The lowest BCUT2D eigenvalue weighted by atomic mass is 9.95. The summed E-state index contributed by atoms with van der Waals surface area (Å²) >= 11 is 0. The van der Waals surface area contributed by atoms with Gasteiger partial charge in [-0.1, -0.05) is 48.5 Å². The van der Waals surface area contributed by atoms with Crippen molar-refractivity contribution >= 4 is 5.91 Å². The summed E-state index contributed by atoms with van der Waals surface area (Å²) in [5, 5.41) is 7.90. The molecule has 2 aliphatic heterocycles. The molecule has 1 amide bonds. The highest BCUT2D eigenvalue weighted by atomic mass is 16.5. The number of rotatable bonds is 4. The molecular weight excluding hydrogens is 338 g/mol. The number of nitrogens with zero attached hydrogens (tertiary/aromatic N) is 2. The Morgan fingerprint density at radius 2 is 1.78 bits per heavy atom. The molecule has 136 valence electrons. The Kier molecular flexibility index (Phi) is 4.02. The van der Waals surface area contributed by atoms with Gasteiger partial charge in [-0.25, -0.2) is 4.68 Å². The van der Waals surface area contributed by atoms with E-state index in [0.29, 0.717) is 11.8 Å². The molecule has 3 aromatic rings. The molecule has 0 aliphatic carbocycles. The van der Waals surface area contributed by atoms with Crippen molar-refractivity contribution in [2.75, 3.05) is 0 Å². The van der Waals surface area contributed by atoms with E-state index < -0.39 is 0 Å². The summed E-state index contributed by atoms with van der Waals surface area (Å²) in [7, 11) is 0. The van der Waals surface area contributed by atoms with E-state index in [9.17, 15) is 4.79 Å². The molecule has 2 aliphatic rings. The first kappa shape index (κ1) is 16.3. The average Bonchev–Trinajstić information content (AvgIpc) is 3.45. The zero-order chi connectivity index (χ0) is 18.2. The standard InChI is InChI=1S/C22H21N3O2/c26-22(23-19-13-17-11-12-21(19)27-17)20-14-18(15-7-3-1-4-8-15)24-25(20)16-9-5-2-6-10-16/h1-10,14,17,19,21H,11-13H2,(H,23,26)/t17-,19-,21+/m1/s1. The normalized spacial score (nSPS) is 23.5. The number of hydrogen-bond donors (Lipinski definition) is 1. The van der Waals surface area contributed by atoms with Gasteiger partial charge in [0.15, 0.2) is 0 Å². The van der Waals surface area contributed by atoms with Crippen LogP contribution in [-0.2, 0) is 4.74 Å². The van der Waals surface area contributed by atoms with Crippen molar-refractivity contribution in [3.8, 4) is 16.9 Å². The van der Waals surface area contributed by atoms with Crippen LogP contribution in [0.5, 0.6) is 0 Å². The van der Waals surface area contributed by atoms with Crippen LogP contribution in [0.15, 0.2) is 66.7 Å². The van der Waals surface area contributed by atoms with Gasteiger partial charge in [-0.15, -0.1) is 0 Å². The maximum atomic E-state index is 13.1. The third-order valence-corrected chi connectivity index (χ3v) is 5.43. The zero-order valence-corrected chi connectivity index (χ0v) is 14.9. The molecule has 5 nitrogen and oxygen atoms in total. The van der Waals surface area contributed by atoms with Crippen LogP contribution < -0.4 is 5.32 Å². The van der Waals surface area contributed by atoms with Gasteiger partial charge in [0, 0.05) is 5.56 Å². The van der Waals surface area contributed by atoms with Crippen molar-refractivity contribution in [3.05, 3.63) is 72.4 Å². The van der Waals surface area contributed by atoms with E-state index in [1.165, 1.54) is 0 Å². The van der Waals surface area contributed by atoms with Crippen LogP contribution in [-0.4, -0.2) is 33.9 Å². The Balaban J connectivity index is 1.50.